The highest BCUT2D eigenvalue weighted by Gasteiger charge is 2.27. The van der Waals surface area contributed by atoms with Crippen LogP contribution < -0.4 is 5.73 Å². The van der Waals surface area contributed by atoms with Crippen LogP contribution in [0, 0.1) is 0 Å². The van der Waals surface area contributed by atoms with Crippen LogP contribution in [0.4, 0.5) is 0 Å². The topological polar surface area (TPSA) is 51.4 Å². The maximum atomic E-state index is 5.88. The lowest BCUT2D eigenvalue weighted by atomic mass is 9.96. The van der Waals surface area contributed by atoms with Gasteiger partial charge >= 0.3 is 0 Å². The van der Waals surface area contributed by atoms with Crippen LogP contribution in [-0.4, -0.2) is 42.7 Å². The van der Waals surface area contributed by atoms with Gasteiger partial charge < -0.3 is 10.5 Å². The molecule has 4 heteroatoms. The molecule has 1 unspecified atom stereocenters. The lowest BCUT2D eigenvalue weighted by molar-refractivity contribution is 0.0830. The van der Waals surface area contributed by atoms with Crippen LogP contribution in [0.1, 0.15) is 19.0 Å². The highest BCUT2D eigenvalue weighted by atomic mass is 16.5. The van der Waals surface area contributed by atoms with Gasteiger partial charge in [-0.25, -0.2) is 0 Å². The van der Waals surface area contributed by atoms with Crippen LogP contribution in [0.25, 0.3) is 0 Å². The monoisotopic (exact) mass is 237 g/mol. The number of nitrogens with two attached hydrogens (primary N) is 1. The van der Waals surface area contributed by atoms with Gasteiger partial charge in [0.05, 0.1) is 5.69 Å². The standard InChI is InChI=1S/C13H23N3O/c1-13(11-14,7-9-17-3)16(2)10-12-6-4-5-8-15-12/h4-6,8H,7,9-11,14H2,1-3H3. The molecule has 1 atom stereocenters. The zero-order valence-corrected chi connectivity index (χ0v) is 11.0. The number of aromatic nitrogens is 1. The van der Waals surface area contributed by atoms with Crippen molar-refractivity contribution < 1.29 is 4.74 Å². The van der Waals surface area contributed by atoms with Crippen LogP contribution in [0.3, 0.4) is 0 Å². The molecule has 0 saturated carbocycles. The van der Waals surface area contributed by atoms with Gasteiger partial charge in [0.15, 0.2) is 0 Å². The number of pyridine rings is 1. The van der Waals surface area contributed by atoms with Crippen molar-refractivity contribution in [3.05, 3.63) is 30.1 Å². The highest BCUT2D eigenvalue weighted by Crippen LogP contribution is 2.18. The Kier molecular flexibility index (Phi) is 5.55. The molecule has 0 radical (unpaired) electrons. The second kappa shape index (κ2) is 6.69. The Labute approximate surface area is 104 Å². The van der Waals surface area contributed by atoms with Gasteiger partial charge in [0, 0.05) is 38.5 Å². The summed E-state index contributed by atoms with van der Waals surface area (Å²) in [6, 6.07) is 5.96. The Morgan fingerprint density at radius 3 is 2.76 bits per heavy atom. The molecular weight excluding hydrogens is 214 g/mol. The largest absolute Gasteiger partial charge is 0.385 e. The van der Waals surface area contributed by atoms with E-state index in [4.69, 9.17) is 10.5 Å². The number of rotatable bonds is 7. The van der Waals surface area contributed by atoms with Crippen molar-refractivity contribution in [3.63, 3.8) is 0 Å². The van der Waals surface area contributed by atoms with E-state index in [1.165, 1.54) is 0 Å². The van der Waals surface area contributed by atoms with Crippen molar-refractivity contribution in [2.24, 2.45) is 5.73 Å². The predicted molar refractivity (Wildman–Crippen MR) is 69.7 cm³/mol. The second-order valence-electron chi connectivity index (χ2n) is 4.62. The Morgan fingerprint density at radius 1 is 1.47 bits per heavy atom. The SMILES string of the molecule is COCCC(C)(CN)N(C)Cc1ccccn1. The van der Waals surface area contributed by atoms with Crippen molar-refractivity contribution in [3.8, 4) is 0 Å². The van der Waals surface area contributed by atoms with E-state index in [1.807, 2.05) is 24.4 Å². The lowest BCUT2D eigenvalue weighted by Gasteiger charge is -2.37. The third kappa shape index (κ3) is 4.07. The third-order valence-electron chi connectivity index (χ3n) is 3.33. The van der Waals surface area contributed by atoms with Gasteiger partial charge in [-0.15, -0.1) is 0 Å². The molecular formula is C13H23N3O. The van der Waals surface area contributed by atoms with Crippen molar-refractivity contribution in [2.75, 3.05) is 27.3 Å². The smallest absolute Gasteiger partial charge is 0.0544 e. The van der Waals surface area contributed by atoms with Gasteiger partial charge in [-0.2, -0.15) is 0 Å². The van der Waals surface area contributed by atoms with Gasteiger partial charge in [0.2, 0.25) is 0 Å². The van der Waals surface area contributed by atoms with Crippen LogP contribution in [0.5, 0.6) is 0 Å². The quantitative estimate of drug-likeness (QED) is 0.776. The number of nitrogens with zero attached hydrogens (tertiary/aromatic N) is 2. The summed E-state index contributed by atoms with van der Waals surface area (Å²) in [5.41, 5.74) is 6.90. The molecule has 0 aliphatic heterocycles. The summed E-state index contributed by atoms with van der Waals surface area (Å²) in [5.74, 6) is 0. The van der Waals surface area contributed by atoms with E-state index in [-0.39, 0.29) is 5.54 Å². The molecule has 1 aromatic rings. The minimum atomic E-state index is -0.0481. The summed E-state index contributed by atoms with van der Waals surface area (Å²) in [6.07, 6.45) is 2.74. The van der Waals surface area contributed by atoms with Crippen LogP contribution in [-0.2, 0) is 11.3 Å². The molecule has 1 aromatic heterocycles. The highest BCUT2D eigenvalue weighted by molar-refractivity contribution is 5.04. The Hall–Kier alpha value is -0.970. The zero-order valence-electron chi connectivity index (χ0n) is 11.0. The molecule has 96 valence electrons. The predicted octanol–water partition coefficient (Wildman–Crippen LogP) is 1.27. The molecule has 0 spiro atoms. The molecule has 0 bridgehead atoms. The molecule has 2 N–H and O–H groups in total. The number of likely N-dealkylation sites (N-methyl/N-ethyl adjacent to an activating group) is 1. The Balaban J connectivity index is 2.63. The zero-order chi connectivity index (χ0) is 12.7. The average molecular weight is 237 g/mol. The molecule has 0 fully saturated rings. The summed E-state index contributed by atoms with van der Waals surface area (Å²) < 4.78 is 5.14. The number of ether oxygens (including phenoxy) is 1. The molecule has 0 aromatic carbocycles. The van der Waals surface area contributed by atoms with Gasteiger partial charge in [0.25, 0.3) is 0 Å². The van der Waals surface area contributed by atoms with E-state index < -0.39 is 0 Å². The van der Waals surface area contributed by atoms with Crippen molar-refractivity contribution >= 4 is 0 Å². The molecule has 17 heavy (non-hydrogen) atoms. The van der Waals surface area contributed by atoms with Crippen LogP contribution in [0.2, 0.25) is 0 Å². The summed E-state index contributed by atoms with van der Waals surface area (Å²) in [4.78, 5) is 6.58. The molecule has 0 aliphatic rings. The minimum absolute atomic E-state index is 0.0481. The van der Waals surface area contributed by atoms with Crippen molar-refractivity contribution in [2.45, 2.75) is 25.4 Å². The Bertz CT molecular complexity index is 318. The first-order valence-corrected chi connectivity index (χ1v) is 5.92. The van der Waals surface area contributed by atoms with E-state index in [0.29, 0.717) is 6.54 Å². The van der Waals surface area contributed by atoms with Gasteiger partial charge in [-0.1, -0.05) is 6.07 Å². The first-order chi connectivity index (χ1) is 8.12. The van der Waals surface area contributed by atoms with Gasteiger partial charge in [-0.3, -0.25) is 9.88 Å². The van der Waals surface area contributed by atoms with Crippen LogP contribution >= 0.6 is 0 Å². The normalized spacial score (nSPS) is 14.9. The van der Waals surface area contributed by atoms with Crippen LogP contribution in [0.15, 0.2) is 24.4 Å². The number of methoxy groups -OCH3 is 1. The summed E-state index contributed by atoms with van der Waals surface area (Å²) >= 11 is 0. The molecule has 1 heterocycles. The van der Waals surface area contributed by atoms with Crippen molar-refractivity contribution in [1.82, 2.24) is 9.88 Å². The molecule has 0 saturated heterocycles. The van der Waals surface area contributed by atoms with E-state index in [0.717, 1.165) is 25.3 Å². The molecule has 0 amide bonds. The second-order valence-corrected chi connectivity index (χ2v) is 4.62. The molecule has 1 rings (SSSR count). The summed E-state index contributed by atoms with van der Waals surface area (Å²) in [7, 11) is 3.80. The minimum Gasteiger partial charge on any atom is -0.385 e. The van der Waals surface area contributed by atoms with E-state index in [2.05, 4.69) is 23.9 Å². The average Bonchev–Trinajstić information content (AvgIpc) is 2.37. The van der Waals surface area contributed by atoms with E-state index in [9.17, 15) is 0 Å². The number of hydrogen-bond donors (Lipinski definition) is 1. The fourth-order valence-corrected chi connectivity index (χ4v) is 1.70. The van der Waals surface area contributed by atoms with Crippen molar-refractivity contribution in [1.29, 1.82) is 0 Å². The molecule has 0 aliphatic carbocycles. The first-order valence-electron chi connectivity index (χ1n) is 5.92. The fraction of sp³-hybridized carbons (Fsp3) is 0.615. The molecule has 4 nitrogen and oxygen atoms in total. The number of hydrogen-bond acceptors (Lipinski definition) is 4. The summed E-state index contributed by atoms with van der Waals surface area (Å²) in [6.45, 7) is 4.30. The van der Waals surface area contributed by atoms with E-state index >= 15 is 0 Å². The first kappa shape index (κ1) is 14.1. The van der Waals surface area contributed by atoms with Gasteiger partial charge in [0.1, 0.15) is 0 Å². The van der Waals surface area contributed by atoms with Gasteiger partial charge in [-0.05, 0) is 32.5 Å². The fourth-order valence-electron chi connectivity index (χ4n) is 1.70. The maximum Gasteiger partial charge on any atom is 0.0544 e. The summed E-state index contributed by atoms with van der Waals surface area (Å²) in [5, 5.41) is 0. The third-order valence-corrected chi connectivity index (χ3v) is 3.33. The maximum absolute atomic E-state index is 5.88. The Morgan fingerprint density at radius 2 is 2.24 bits per heavy atom. The lowest BCUT2D eigenvalue weighted by Crippen LogP contribution is -2.50. The van der Waals surface area contributed by atoms with E-state index in [1.54, 1.807) is 7.11 Å².